The largest absolute Gasteiger partial charge is 0.497 e. The lowest BCUT2D eigenvalue weighted by molar-refractivity contribution is -0.154. The zero-order valence-electron chi connectivity index (χ0n) is 45.3. The van der Waals surface area contributed by atoms with Crippen molar-refractivity contribution < 1.29 is 28.8 Å². The highest BCUT2D eigenvalue weighted by Gasteiger charge is 2.41. The zero-order valence-corrected chi connectivity index (χ0v) is 45.3. The highest BCUT2D eigenvalue weighted by molar-refractivity contribution is 5.86. The molecule has 9 aromatic carbocycles. The molecule has 81 heavy (non-hydrogen) atoms. The fourth-order valence-electron chi connectivity index (χ4n) is 10.9. The first-order chi connectivity index (χ1) is 39.9. The molecule has 2 heterocycles. The van der Waals surface area contributed by atoms with Crippen molar-refractivity contribution in [3.05, 3.63) is 311 Å². The van der Waals surface area contributed by atoms with Crippen LogP contribution in [-0.2, 0) is 26.2 Å². The number of anilines is 2. The molecule has 404 valence electrons. The van der Waals surface area contributed by atoms with Crippen LogP contribution in [0.3, 0.4) is 0 Å². The third-order valence-electron chi connectivity index (χ3n) is 14.9. The Morgan fingerprint density at radius 2 is 0.765 bits per heavy atom. The summed E-state index contributed by atoms with van der Waals surface area (Å²) in [4.78, 5) is 15.7. The number of imidazole rings is 1. The second-order valence-electron chi connectivity index (χ2n) is 19.4. The number of benzene rings is 9. The average molecular weight is 1070 g/mol. The van der Waals surface area contributed by atoms with Gasteiger partial charge in [-0.3, -0.25) is 4.57 Å². The molecule has 0 radical (unpaired) electrons. The molecule has 1 atom stereocenters. The SMILES string of the molecule is COc1ccc(C(Nc2nc(NC(c3ccccc3)(c3ccccc3)c3ccc(OC)cc3)c3ncn(C(O)OCCCOC(c4ccccc4)(c4ccccc4)c4ccc(OC)cc4)c3n2)(c2ccccc2)c2ccccc2)cc1. The quantitative estimate of drug-likeness (QED) is 0.0321. The van der Waals surface area contributed by atoms with Gasteiger partial charge in [-0.15, -0.1) is 0 Å². The molecule has 1 unspecified atom stereocenters. The first kappa shape index (κ1) is 53.4. The minimum Gasteiger partial charge on any atom is -0.497 e. The molecule has 0 fully saturated rings. The number of aliphatic hydroxyl groups excluding tert-OH is 1. The van der Waals surface area contributed by atoms with Crippen molar-refractivity contribution in [2.75, 3.05) is 45.2 Å². The van der Waals surface area contributed by atoms with E-state index in [2.05, 4.69) is 108 Å². The topological polar surface area (TPSA) is 134 Å². The van der Waals surface area contributed by atoms with Crippen LogP contribution < -0.4 is 24.8 Å². The van der Waals surface area contributed by atoms with E-state index >= 15 is 0 Å². The summed E-state index contributed by atoms with van der Waals surface area (Å²) in [6.45, 7) is 0.395. The number of hydrogen-bond acceptors (Lipinski definition) is 11. The van der Waals surface area contributed by atoms with Crippen LogP contribution >= 0.6 is 0 Å². The molecule has 11 aromatic rings. The molecule has 0 aliphatic carbocycles. The number of aliphatic hydroxyl groups is 1. The van der Waals surface area contributed by atoms with Gasteiger partial charge in [0, 0.05) is 0 Å². The van der Waals surface area contributed by atoms with Crippen LogP contribution in [0.25, 0.3) is 11.2 Å². The number of aromatic nitrogens is 4. The minimum atomic E-state index is -1.52. The molecule has 0 aliphatic rings. The Hall–Kier alpha value is -9.59. The van der Waals surface area contributed by atoms with Gasteiger partial charge >= 0.3 is 0 Å². The Labute approximate surface area is 472 Å². The molecule has 0 saturated heterocycles. The maximum absolute atomic E-state index is 12.3. The molecule has 2 aromatic heterocycles. The van der Waals surface area contributed by atoms with Gasteiger partial charge < -0.3 is 39.4 Å². The Balaban J connectivity index is 1.02. The van der Waals surface area contributed by atoms with Crippen LogP contribution in [0, 0.1) is 0 Å². The van der Waals surface area contributed by atoms with E-state index in [1.165, 1.54) is 4.57 Å². The molecule has 11 rings (SSSR count). The molecular formula is C69H62N6O6. The summed E-state index contributed by atoms with van der Waals surface area (Å²) in [5.74, 6) is 2.78. The van der Waals surface area contributed by atoms with Crippen LogP contribution in [0.1, 0.15) is 62.9 Å². The fourth-order valence-corrected chi connectivity index (χ4v) is 10.9. The van der Waals surface area contributed by atoms with Gasteiger partial charge in [-0.2, -0.15) is 9.97 Å². The third kappa shape index (κ3) is 10.6. The van der Waals surface area contributed by atoms with Crippen LogP contribution in [0.5, 0.6) is 17.2 Å². The van der Waals surface area contributed by atoms with Crippen LogP contribution in [-0.4, -0.2) is 59.2 Å². The summed E-state index contributed by atoms with van der Waals surface area (Å²) in [5, 5.41) is 20.2. The predicted octanol–water partition coefficient (Wildman–Crippen LogP) is 13.5. The number of methoxy groups -OCH3 is 3. The van der Waals surface area contributed by atoms with Crippen molar-refractivity contribution in [3.63, 3.8) is 0 Å². The maximum Gasteiger partial charge on any atom is 0.244 e. The van der Waals surface area contributed by atoms with Crippen molar-refractivity contribution in [2.24, 2.45) is 0 Å². The predicted molar refractivity (Wildman–Crippen MR) is 318 cm³/mol. The van der Waals surface area contributed by atoms with Gasteiger partial charge in [-0.25, -0.2) is 4.98 Å². The van der Waals surface area contributed by atoms with Crippen molar-refractivity contribution in [2.45, 2.75) is 29.5 Å². The van der Waals surface area contributed by atoms with Crippen molar-refractivity contribution in [3.8, 4) is 17.2 Å². The van der Waals surface area contributed by atoms with Crippen LogP contribution in [0.2, 0.25) is 0 Å². The first-order valence-corrected chi connectivity index (χ1v) is 26.9. The van der Waals surface area contributed by atoms with E-state index in [0.29, 0.717) is 34.9 Å². The van der Waals surface area contributed by atoms with E-state index in [1.807, 2.05) is 158 Å². The van der Waals surface area contributed by atoms with E-state index in [-0.39, 0.29) is 19.2 Å². The van der Waals surface area contributed by atoms with Gasteiger partial charge in [0.1, 0.15) is 40.3 Å². The summed E-state index contributed by atoms with van der Waals surface area (Å²) >= 11 is 0. The smallest absolute Gasteiger partial charge is 0.244 e. The Morgan fingerprint density at radius 3 is 1.16 bits per heavy atom. The molecule has 0 spiro atoms. The summed E-state index contributed by atoms with van der Waals surface area (Å²) in [7, 11) is 4.98. The van der Waals surface area contributed by atoms with Gasteiger partial charge in [0.05, 0.1) is 34.5 Å². The molecule has 3 N–H and O–H groups in total. The van der Waals surface area contributed by atoms with Gasteiger partial charge in [-0.05, 0) is 92.9 Å². The first-order valence-electron chi connectivity index (χ1n) is 26.9. The number of nitrogens with zero attached hydrogens (tertiary/aromatic N) is 4. The minimum absolute atomic E-state index is 0.121. The monoisotopic (exact) mass is 1070 g/mol. The maximum atomic E-state index is 12.3. The fraction of sp³-hybridized carbons (Fsp3) is 0.145. The van der Waals surface area contributed by atoms with Crippen molar-refractivity contribution >= 4 is 22.9 Å². The summed E-state index contributed by atoms with van der Waals surface area (Å²) < 4.78 is 31.9. The van der Waals surface area contributed by atoms with Gasteiger partial charge in [-0.1, -0.05) is 218 Å². The third-order valence-corrected chi connectivity index (χ3v) is 14.9. The van der Waals surface area contributed by atoms with E-state index < -0.39 is 23.1 Å². The number of rotatable bonds is 23. The van der Waals surface area contributed by atoms with Crippen LogP contribution in [0.15, 0.2) is 261 Å². The van der Waals surface area contributed by atoms with Crippen molar-refractivity contribution in [1.82, 2.24) is 19.5 Å². The molecule has 12 nitrogen and oxygen atoms in total. The zero-order chi connectivity index (χ0) is 55.5. The van der Waals surface area contributed by atoms with Crippen molar-refractivity contribution in [1.29, 1.82) is 0 Å². The summed E-state index contributed by atoms with van der Waals surface area (Å²) in [6.07, 6.45) is 0.442. The van der Waals surface area contributed by atoms with Gasteiger partial charge in [0.25, 0.3) is 0 Å². The lowest BCUT2D eigenvalue weighted by Gasteiger charge is -2.38. The Morgan fingerprint density at radius 1 is 0.420 bits per heavy atom. The van der Waals surface area contributed by atoms with E-state index in [9.17, 15) is 5.11 Å². The molecular weight excluding hydrogens is 1010 g/mol. The average Bonchev–Trinajstić information content (AvgIpc) is 4.10. The summed E-state index contributed by atoms with van der Waals surface area (Å²) in [6, 6.07) is 85.4. The van der Waals surface area contributed by atoms with E-state index in [0.717, 1.165) is 55.8 Å². The second-order valence-corrected chi connectivity index (χ2v) is 19.4. The lowest BCUT2D eigenvalue weighted by Crippen LogP contribution is -2.40. The number of ether oxygens (including phenoxy) is 5. The van der Waals surface area contributed by atoms with E-state index in [1.54, 1.807) is 27.7 Å². The highest BCUT2D eigenvalue weighted by Crippen LogP contribution is 2.45. The second kappa shape index (κ2) is 24.2. The Kier molecular flexibility index (Phi) is 16.0. The number of fused-ring (bicyclic) bond motifs is 1. The molecule has 0 aliphatic heterocycles. The number of hydrogen-bond donors (Lipinski definition) is 3. The molecule has 0 amide bonds. The normalized spacial score (nSPS) is 12.1. The highest BCUT2D eigenvalue weighted by atomic mass is 16.6. The molecule has 0 saturated carbocycles. The standard InChI is InChI=1S/C69H62N6O6/c1-77-59-41-35-54(36-42-59)67(50-23-10-4-11-24-50,51-25-12-5-13-26-51)73-63-62-64(72-65(71-63)74-68(52-27-14-6-15-28-52,53-29-16-7-17-30-53)55-37-43-60(78-2)44-38-55)75(49-70-62)66(76)80-47-22-48-81-69(56-31-18-8-19-32-56,57-33-20-9-21-34-57)58-39-45-61(79-3)46-40-58/h4-21,23-46,49,66,76H,22,47-48H2,1-3H3,(H2,71,72,73,74). The Bertz CT molecular complexity index is 3630. The van der Waals surface area contributed by atoms with Gasteiger partial charge in [0.15, 0.2) is 17.0 Å². The number of nitrogens with one attached hydrogen (secondary N) is 2. The molecule has 12 heteroatoms. The molecule has 0 bridgehead atoms. The van der Waals surface area contributed by atoms with E-state index in [4.69, 9.17) is 38.6 Å². The van der Waals surface area contributed by atoms with Crippen LogP contribution in [0.4, 0.5) is 11.8 Å². The lowest BCUT2D eigenvalue weighted by atomic mass is 9.77. The summed E-state index contributed by atoms with van der Waals surface area (Å²) in [5.41, 5.74) is 5.96. The van der Waals surface area contributed by atoms with Gasteiger partial charge in [0.2, 0.25) is 12.4 Å².